The number of halogens is 1. The van der Waals surface area contributed by atoms with E-state index in [-0.39, 0.29) is 12.4 Å². The number of aliphatic hydroxyl groups excluding tert-OH is 1. The first-order chi connectivity index (χ1) is 12.3. The third kappa shape index (κ3) is 5.98. The predicted molar refractivity (Wildman–Crippen MR) is 112 cm³/mol. The van der Waals surface area contributed by atoms with Crippen molar-refractivity contribution >= 4 is 23.7 Å². The molecule has 0 radical (unpaired) electrons. The lowest BCUT2D eigenvalue weighted by atomic mass is 9.96. The van der Waals surface area contributed by atoms with E-state index in [2.05, 4.69) is 41.9 Å². The second kappa shape index (κ2) is 10.9. The Bertz CT molecular complexity index is 611. The molecule has 144 valence electrons. The normalized spacial score (nSPS) is 16.8. The Morgan fingerprint density at radius 1 is 1.19 bits per heavy atom. The van der Waals surface area contributed by atoms with Crippen LogP contribution in [0.2, 0.25) is 0 Å². The highest BCUT2D eigenvalue weighted by molar-refractivity contribution is 7.10. The number of thiophene rings is 1. The predicted octanol–water partition coefficient (Wildman–Crippen LogP) is 4.99. The molecule has 0 bridgehead atoms. The quantitative estimate of drug-likeness (QED) is 0.628. The summed E-state index contributed by atoms with van der Waals surface area (Å²) in [6, 6.07) is 12.8. The summed E-state index contributed by atoms with van der Waals surface area (Å²) in [5.41, 5.74) is 1.30. The van der Waals surface area contributed by atoms with Crippen molar-refractivity contribution in [1.82, 2.24) is 5.32 Å². The molecule has 26 heavy (non-hydrogen) atoms. The number of rotatable bonds is 9. The third-order valence-corrected chi connectivity index (χ3v) is 6.02. The van der Waals surface area contributed by atoms with Gasteiger partial charge in [0.05, 0.1) is 0 Å². The van der Waals surface area contributed by atoms with E-state index in [9.17, 15) is 5.11 Å². The van der Waals surface area contributed by atoms with Gasteiger partial charge in [0.15, 0.2) is 0 Å². The van der Waals surface area contributed by atoms with Crippen LogP contribution in [-0.2, 0) is 6.42 Å². The van der Waals surface area contributed by atoms with Crippen LogP contribution in [0.3, 0.4) is 0 Å². The maximum absolute atomic E-state index is 10.3. The first-order valence-corrected chi connectivity index (χ1v) is 10.3. The number of hydrogen-bond acceptors (Lipinski definition) is 4. The third-order valence-electron chi connectivity index (χ3n) is 5.07. The highest BCUT2D eigenvalue weighted by Gasteiger charge is 2.27. The average molecular weight is 396 g/mol. The zero-order chi connectivity index (χ0) is 17.5. The Morgan fingerprint density at radius 3 is 2.54 bits per heavy atom. The van der Waals surface area contributed by atoms with Crippen molar-refractivity contribution in [3.8, 4) is 5.75 Å². The second-order valence-corrected chi connectivity index (χ2v) is 7.89. The van der Waals surface area contributed by atoms with Gasteiger partial charge in [-0.15, -0.1) is 23.7 Å². The molecule has 2 N–H and O–H groups in total. The van der Waals surface area contributed by atoms with E-state index in [1.165, 1.54) is 36.1 Å². The summed E-state index contributed by atoms with van der Waals surface area (Å²) in [5, 5.41) is 16.1. The molecule has 0 spiro atoms. The monoisotopic (exact) mass is 395 g/mol. The first-order valence-electron chi connectivity index (χ1n) is 9.43. The molecule has 2 atom stereocenters. The minimum atomic E-state index is -0.505. The molecule has 0 amide bonds. The second-order valence-electron chi connectivity index (χ2n) is 6.91. The van der Waals surface area contributed by atoms with Crippen LogP contribution in [-0.4, -0.2) is 24.4 Å². The van der Waals surface area contributed by atoms with E-state index in [0.717, 1.165) is 12.2 Å². The van der Waals surface area contributed by atoms with Crippen molar-refractivity contribution < 1.29 is 9.84 Å². The number of aryl methyl sites for hydroxylation is 1. The number of ether oxygens (including phenoxy) is 1. The first kappa shape index (κ1) is 21.2. The van der Waals surface area contributed by atoms with Crippen LogP contribution >= 0.6 is 23.7 Å². The van der Waals surface area contributed by atoms with Gasteiger partial charge in [0.1, 0.15) is 18.5 Å². The van der Waals surface area contributed by atoms with Gasteiger partial charge in [0.2, 0.25) is 0 Å². The fraction of sp³-hybridized carbons (Fsp3) is 0.524. The van der Waals surface area contributed by atoms with Crippen LogP contribution < -0.4 is 10.1 Å². The molecule has 1 aromatic carbocycles. The van der Waals surface area contributed by atoms with Gasteiger partial charge in [0, 0.05) is 17.5 Å². The van der Waals surface area contributed by atoms with E-state index in [1.54, 1.807) is 0 Å². The molecule has 3 rings (SSSR count). The number of nitrogens with one attached hydrogen (secondary N) is 1. The molecule has 5 heteroatoms. The van der Waals surface area contributed by atoms with Crippen molar-refractivity contribution in [2.75, 3.05) is 13.2 Å². The maximum Gasteiger partial charge on any atom is 0.119 e. The van der Waals surface area contributed by atoms with Gasteiger partial charge in [0.25, 0.3) is 0 Å². The van der Waals surface area contributed by atoms with Crippen molar-refractivity contribution in [3.63, 3.8) is 0 Å². The van der Waals surface area contributed by atoms with Crippen molar-refractivity contribution in [2.45, 2.75) is 51.2 Å². The van der Waals surface area contributed by atoms with Crippen LogP contribution in [0.1, 0.15) is 49.1 Å². The van der Waals surface area contributed by atoms with Crippen molar-refractivity contribution in [3.05, 3.63) is 52.2 Å². The van der Waals surface area contributed by atoms with Gasteiger partial charge in [-0.3, -0.25) is 0 Å². The van der Waals surface area contributed by atoms with Crippen LogP contribution in [0.5, 0.6) is 5.75 Å². The SMILES string of the molecule is CCc1ccc(OCC(O)CNC(c2cccs2)C2CCCC2)cc1.Cl. The number of hydrogen-bond donors (Lipinski definition) is 2. The zero-order valence-electron chi connectivity index (χ0n) is 15.4. The summed E-state index contributed by atoms with van der Waals surface area (Å²) >= 11 is 1.81. The van der Waals surface area contributed by atoms with Gasteiger partial charge >= 0.3 is 0 Å². The smallest absolute Gasteiger partial charge is 0.119 e. The minimum Gasteiger partial charge on any atom is -0.491 e. The maximum atomic E-state index is 10.3. The van der Waals surface area contributed by atoms with Gasteiger partial charge in [-0.25, -0.2) is 0 Å². The summed E-state index contributed by atoms with van der Waals surface area (Å²) in [4.78, 5) is 1.38. The van der Waals surface area contributed by atoms with Gasteiger partial charge in [-0.2, -0.15) is 0 Å². The molecular weight excluding hydrogens is 366 g/mol. The molecule has 0 aliphatic heterocycles. The van der Waals surface area contributed by atoms with Crippen molar-refractivity contribution in [2.24, 2.45) is 5.92 Å². The van der Waals surface area contributed by atoms with Crippen molar-refractivity contribution in [1.29, 1.82) is 0 Å². The lowest BCUT2D eigenvalue weighted by molar-refractivity contribution is 0.101. The molecule has 1 heterocycles. The van der Waals surface area contributed by atoms with E-state index in [1.807, 2.05) is 23.5 Å². The van der Waals surface area contributed by atoms with E-state index in [0.29, 0.717) is 25.1 Å². The average Bonchev–Trinajstić information content (AvgIpc) is 3.35. The molecule has 1 fully saturated rings. The largest absolute Gasteiger partial charge is 0.491 e. The van der Waals surface area contributed by atoms with E-state index < -0.39 is 6.10 Å². The summed E-state index contributed by atoms with van der Waals surface area (Å²) in [6.45, 7) is 3.02. The van der Waals surface area contributed by atoms with Crippen LogP contribution in [0.25, 0.3) is 0 Å². The summed E-state index contributed by atoms with van der Waals surface area (Å²) in [6.07, 6.45) is 5.74. The number of aliphatic hydroxyl groups is 1. The fourth-order valence-corrected chi connectivity index (χ4v) is 4.49. The standard InChI is InChI=1S/C21H29NO2S.ClH/c1-2-16-9-11-19(12-10-16)24-15-18(23)14-22-21(17-6-3-4-7-17)20-8-5-13-25-20;/h5,8-13,17-18,21-23H,2-4,6-7,14-15H2,1H3;1H. The Hall–Kier alpha value is -1.07. The lowest BCUT2D eigenvalue weighted by Gasteiger charge is -2.25. The fourth-order valence-electron chi connectivity index (χ4n) is 3.59. The zero-order valence-corrected chi connectivity index (χ0v) is 17.0. The Labute approximate surface area is 167 Å². The Kier molecular flexibility index (Phi) is 8.93. The number of benzene rings is 1. The van der Waals surface area contributed by atoms with Gasteiger partial charge in [-0.1, -0.05) is 38.0 Å². The highest BCUT2D eigenvalue weighted by Crippen LogP contribution is 2.37. The molecule has 3 nitrogen and oxygen atoms in total. The summed E-state index contributed by atoms with van der Waals surface area (Å²) in [7, 11) is 0. The van der Waals surface area contributed by atoms with Gasteiger partial charge in [-0.05, 0) is 54.3 Å². The summed E-state index contributed by atoms with van der Waals surface area (Å²) in [5.74, 6) is 1.51. The molecule has 1 saturated carbocycles. The Morgan fingerprint density at radius 2 is 1.92 bits per heavy atom. The highest BCUT2D eigenvalue weighted by atomic mass is 35.5. The van der Waals surface area contributed by atoms with Crippen LogP contribution in [0.15, 0.2) is 41.8 Å². The lowest BCUT2D eigenvalue weighted by Crippen LogP contribution is -2.36. The van der Waals surface area contributed by atoms with E-state index in [4.69, 9.17) is 4.74 Å². The Balaban J connectivity index is 0.00000243. The van der Waals surface area contributed by atoms with Crippen LogP contribution in [0, 0.1) is 5.92 Å². The van der Waals surface area contributed by atoms with E-state index >= 15 is 0 Å². The molecule has 1 aromatic heterocycles. The summed E-state index contributed by atoms with van der Waals surface area (Å²) < 4.78 is 5.73. The molecule has 1 aliphatic rings. The molecule has 2 unspecified atom stereocenters. The molecule has 1 aliphatic carbocycles. The van der Waals surface area contributed by atoms with Crippen LogP contribution in [0.4, 0.5) is 0 Å². The molecule has 2 aromatic rings. The molecular formula is C21H30ClNO2S. The topological polar surface area (TPSA) is 41.5 Å². The van der Waals surface area contributed by atoms with Gasteiger partial charge < -0.3 is 15.2 Å². The minimum absolute atomic E-state index is 0. The molecule has 0 saturated heterocycles.